The van der Waals surface area contributed by atoms with Gasteiger partial charge in [-0.25, -0.2) is 4.98 Å². The van der Waals surface area contributed by atoms with Crippen molar-refractivity contribution < 1.29 is 0 Å². The lowest BCUT2D eigenvalue weighted by atomic mass is 9.91. The molecule has 0 bridgehead atoms. The van der Waals surface area contributed by atoms with Crippen LogP contribution in [0.2, 0.25) is 0 Å². The number of nitrogens with zero attached hydrogens (tertiary/aromatic N) is 3. The summed E-state index contributed by atoms with van der Waals surface area (Å²) in [6.07, 6.45) is 1.20. The topological polar surface area (TPSA) is 31.4 Å². The highest BCUT2D eigenvalue weighted by Gasteiger charge is 2.28. The van der Waals surface area contributed by atoms with E-state index in [-0.39, 0.29) is 5.41 Å². The fourth-order valence-electron chi connectivity index (χ4n) is 2.90. The molecule has 0 saturated carbocycles. The van der Waals surface area contributed by atoms with Crippen molar-refractivity contribution in [3.63, 3.8) is 0 Å². The van der Waals surface area contributed by atoms with Crippen LogP contribution in [0.25, 0.3) is 0 Å². The number of likely N-dealkylation sites (N-methyl/N-ethyl adjacent to an activating group) is 1. The standard InChI is InChI=1S/C16H30N4S/c1-7-12-11-20(9-8-19(12)6)15-18-14(16(2,3)4)13(21-15)10-17-5/h12,17H,7-11H2,1-6H3. The molecule has 120 valence electrons. The Bertz CT molecular complexity index is 463. The van der Waals surface area contributed by atoms with Gasteiger partial charge in [-0.3, -0.25) is 4.90 Å². The molecule has 0 aliphatic carbocycles. The number of hydrogen-bond donors (Lipinski definition) is 1. The molecular formula is C16H30N4S. The maximum Gasteiger partial charge on any atom is 0.185 e. The summed E-state index contributed by atoms with van der Waals surface area (Å²) in [4.78, 5) is 11.3. The van der Waals surface area contributed by atoms with Crippen LogP contribution < -0.4 is 10.2 Å². The molecule has 1 aromatic rings. The molecule has 0 amide bonds. The first-order valence-corrected chi connectivity index (χ1v) is 8.78. The van der Waals surface area contributed by atoms with Crippen molar-refractivity contribution in [3.05, 3.63) is 10.6 Å². The number of anilines is 1. The van der Waals surface area contributed by atoms with Gasteiger partial charge in [0.1, 0.15) is 0 Å². The molecule has 0 aromatic carbocycles. The second kappa shape index (κ2) is 6.63. The van der Waals surface area contributed by atoms with Crippen LogP contribution in [-0.2, 0) is 12.0 Å². The summed E-state index contributed by atoms with van der Waals surface area (Å²) in [5, 5.41) is 4.49. The van der Waals surface area contributed by atoms with E-state index in [2.05, 4.69) is 49.9 Å². The molecule has 1 aliphatic heterocycles. The summed E-state index contributed by atoms with van der Waals surface area (Å²) in [5.74, 6) is 0. The highest BCUT2D eigenvalue weighted by molar-refractivity contribution is 7.15. The minimum Gasteiger partial charge on any atom is -0.345 e. The fourth-order valence-corrected chi connectivity index (χ4v) is 4.22. The molecule has 1 aromatic heterocycles. The molecule has 4 nitrogen and oxygen atoms in total. The van der Waals surface area contributed by atoms with Crippen LogP contribution in [0, 0.1) is 0 Å². The number of nitrogens with one attached hydrogen (secondary N) is 1. The third-order valence-corrected chi connectivity index (χ3v) is 5.37. The Hall–Kier alpha value is -0.650. The van der Waals surface area contributed by atoms with Gasteiger partial charge < -0.3 is 10.2 Å². The van der Waals surface area contributed by atoms with Crippen molar-refractivity contribution in [2.45, 2.75) is 52.1 Å². The number of thiazole rings is 1. The first-order chi connectivity index (χ1) is 9.86. The third-order valence-electron chi connectivity index (χ3n) is 4.25. The van der Waals surface area contributed by atoms with Gasteiger partial charge in [-0.15, -0.1) is 11.3 Å². The van der Waals surface area contributed by atoms with Crippen LogP contribution in [0.15, 0.2) is 0 Å². The minimum atomic E-state index is 0.109. The Kier molecular flexibility index (Phi) is 5.28. The maximum absolute atomic E-state index is 5.00. The molecule has 1 atom stereocenters. The molecule has 1 unspecified atom stereocenters. The van der Waals surface area contributed by atoms with Crippen LogP contribution in [0.5, 0.6) is 0 Å². The SMILES string of the molecule is CCC1CN(c2nc(C(C)(C)C)c(CNC)s2)CCN1C. The molecule has 2 heterocycles. The highest BCUT2D eigenvalue weighted by Crippen LogP contribution is 2.34. The van der Waals surface area contributed by atoms with E-state index in [0.717, 1.165) is 26.2 Å². The summed E-state index contributed by atoms with van der Waals surface area (Å²) in [5.41, 5.74) is 1.36. The van der Waals surface area contributed by atoms with Crippen molar-refractivity contribution in [1.82, 2.24) is 15.2 Å². The van der Waals surface area contributed by atoms with Crippen molar-refractivity contribution in [2.75, 3.05) is 38.6 Å². The zero-order valence-electron chi connectivity index (χ0n) is 14.4. The van der Waals surface area contributed by atoms with E-state index in [9.17, 15) is 0 Å². The average molecular weight is 311 g/mol. The summed E-state index contributed by atoms with van der Waals surface area (Å²) in [6, 6.07) is 0.647. The van der Waals surface area contributed by atoms with Crippen LogP contribution >= 0.6 is 11.3 Å². The predicted octanol–water partition coefficient (Wildman–Crippen LogP) is 2.69. The largest absolute Gasteiger partial charge is 0.345 e. The summed E-state index contributed by atoms with van der Waals surface area (Å²) in [7, 11) is 4.25. The van der Waals surface area contributed by atoms with Crippen molar-refractivity contribution in [1.29, 1.82) is 0 Å². The number of aromatic nitrogens is 1. The Morgan fingerprint density at radius 1 is 1.33 bits per heavy atom. The summed E-state index contributed by atoms with van der Waals surface area (Å²) < 4.78 is 0. The molecule has 21 heavy (non-hydrogen) atoms. The number of hydrogen-bond acceptors (Lipinski definition) is 5. The molecule has 5 heteroatoms. The van der Waals surface area contributed by atoms with Gasteiger partial charge in [0.15, 0.2) is 5.13 Å². The molecule has 1 N–H and O–H groups in total. The van der Waals surface area contributed by atoms with Gasteiger partial charge in [-0.1, -0.05) is 27.7 Å². The minimum absolute atomic E-state index is 0.109. The fraction of sp³-hybridized carbons (Fsp3) is 0.812. The van der Waals surface area contributed by atoms with Crippen LogP contribution in [0.4, 0.5) is 5.13 Å². The monoisotopic (exact) mass is 310 g/mol. The zero-order valence-corrected chi connectivity index (χ0v) is 15.2. The van der Waals surface area contributed by atoms with Gasteiger partial charge in [0.25, 0.3) is 0 Å². The lowest BCUT2D eigenvalue weighted by Crippen LogP contribution is -2.51. The average Bonchev–Trinajstić information content (AvgIpc) is 2.84. The Morgan fingerprint density at radius 3 is 2.62 bits per heavy atom. The second-order valence-electron chi connectivity index (χ2n) is 7.04. The normalized spacial score (nSPS) is 21.0. The maximum atomic E-state index is 5.00. The van der Waals surface area contributed by atoms with Crippen LogP contribution in [-0.4, -0.2) is 49.7 Å². The van der Waals surface area contributed by atoms with Gasteiger partial charge in [0.05, 0.1) is 5.69 Å². The second-order valence-corrected chi connectivity index (χ2v) is 8.10. The van der Waals surface area contributed by atoms with E-state index in [1.807, 2.05) is 18.4 Å². The van der Waals surface area contributed by atoms with E-state index in [0.29, 0.717) is 6.04 Å². The Labute approximate surface area is 133 Å². The van der Waals surface area contributed by atoms with Gasteiger partial charge in [-0.2, -0.15) is 0 Å². The van der Waals surface area contributed by atoms with Gasteiger partial charge in [0, 0.05) is 42.5 Å². The molecule has 0 spiro atoms. The smallest absolute Gasteiger partial charge is 0.185 e. The Balaban J connectivity index is 2.24. The zero-order chi connectivity index (χ0) is 15.6. The molecular weight excluding hydrogens is 280 g/mol. The summed E-state index contributed by atoms with van der Waals surface area (Å²) in [6.45, 7) is 13.3. The third kappa shape index (κ3) is 3.76. The predicted molar refractivity (Wildman–Crippen MR) is 92.5 cm³/mol. The van der Waals surface area contributed by atoms with Gasteiger partial charge in [-0.05, 0) is 20.5 Å². The van der Waals surface area contributed by atoms with Crippen LogP contribution in [0.1, 0.15) is 44.7 Å². The van der Waals surface area contributed by atoms with Crippen molar-refractivity contribution in [3.8, 4) is 0 Å². The Morgan fingerprint density at radius 2 is 2.05 bits per heavy atom. The van der Waals surface area contributed by atoms with Crippen LogP contribution in [0.3, 0.4) is 0 Å². The molecule has 2 rings (SSSR count). The van der Waals surface area contributed by atoms with E-state index < -0.39 is 0 Å². The molecule has 0 radical (unpaired) electrons. The first kappa shape index (κ1) is 16.7. The van der Waals surface area contributed by atoms with E-state index in [1.54, 1.807) is 0 Å². The van der Waals surface area contributed by atoms with Crippen molar-refractivity contribution >= 4 is 16.5 Å². The molecule has 1 saturated heterocycles. The summed E-state index contributed by atoms with van der Waals surface area (Å²) >= 11 is 1.87. The van der Waals surface area contributed by atoms with Crippen molar-refractivity contribution in [2.24, 2.45) is 0 Å². The highest BCUT2D eigenvalue weighted by atomic mass is 32.1. The molecule has 1 fully saturated rings. The lowest BCUT2D eigenvalue weighted by molar-refractivity contribution is 0.213. The quantitative estimate of drug-likeness (QED) is 0.926. The van der Waals surface area contributed by atoms with E-state index in [1.165, 1.54) is 22.1 Å². The van der Waals surface area contributed by atoms with E-state index in [4.69, 9.17) is 4.98 Å². The molecule has 1 aliphatic rings. The van der Waals surface area contributed by atoms with Gasteiger partial charge >= 0.3 is 0 Å². The van der Waals surface area contributed by atoms with E-state index >= 15 is 0 Å². The lowest BCUT2D eigenvalue weighted by Gasteiger charge is -2.39. The van der Waals surface area contributed by atoms with Gasteiger partial charge in [0.2, 0.25) is 0 Å². The number of rotatable bonds is 4. The number of piperazine rings is 1. The first-order valence-electron chi connectivity index (χ1n) is 7.96.